The first-order valence-corrected chi connectivity index (χ1v) is 6.67. The quantitative estimate of drug-likeness (QED) is 0.890. The van der Waals surface area contributed by atoms with Crippen LogP contribution in [0.1, 0.15) is 38.7 Å². The van der Waals surface area contributed by atoms with Crippen molar-refractivity contribution in [2.75, 3.05) is 11.4 Å². The minimum absolute atomic E-state index is 0.197. The Morgan fingerprint density at radius 2 is 2.06 bits per heavy atom. The Morgan fingerprint density at radius 1 is 1.39 bits per heavy atom. The van der Waals surface area contributed by atoms with Crippen LogP contribution in [-0.2, 0) is 4.79 Å². The molecule has 1 aromatic rings. The van der Waals surface area contributed by atoms with Gasteiger partial charge < -0.3 is 10.6 Å². The average Bonchev–Trinajstić information content (AvgIpc) is 2.64. The number of benzene rings is 1. The number of amides is 1. The lowest BCUT2D eigenvalue weighted by Gasteiger charge is -2.27. The SMILES string of the molecule is CC(C)c1ccccc1N1C(=O)CC(CN)C1C. The van der Waals surface area contributed by atoms with Gasteiger partial charge in [0.2, 0.25) is 5.91 Å². The molecule has 1 heterocycles. The van der Waals surface area contributed by atoms with Gasteiger partial charge >= 0.3 is 0 Å². The standard InChI is InChI=1S/C15H22N2O/c1-10(2)13-6-4-5-7-14(13)17-11(3)12(9-16)8-15(17)18/h4-7,10-12H,8-9,16H2,1-3H3. The Labute approximate surface area is 109 Å². The molecule has 0 spiro atoms. The molecule has 0 bridgehead atoms. The van der Waals surface area contributed by atoms with Crippen molar-refractivity contribution in [3.63, 3.8) is 0 Å². The fourth-order valence-corrected chi connectivity index (χ4v) is 2.76. The number of rotatable bonds is 3. The van der Waals surface area contributed by atoms with E-state index in [0.717, 1.165) is 5.69 Å². The summed E-state index contributed by atoms with van der Waals surface area (Å²) in [4.78, 5) is 14.1. The van der Waals surface area contributed by atoms with E-state index in [1.54, 1.807) is 0 Å². The fourth-order valence-electron chi connectivity index (χ4n) is 2.76. The first-order valence-electron chi connectivity index (χ1n) is 6.67. The monoisotopic (exact) mass is 246 g/mol. The van der Waals surface area contributed by atoms with Crippen LogP contribution in [0, 0.1) is 5.92 Å². The Hall–Kier alpha value is -1.35. The second-order valence-electron chi connectivity index (χ2n) is 5.42. The number of hydrogen-bond acceptors (Lipinski definition) is 2. The number of carbonyl (C=O) groups is 1. The van der Waals surface area contributed by atoms with Crippen molar-refractivity contribution in [2.24, 2.45) is 11.7 Å². The van der Waals surface area contributed by atoms with Crippen LogP contribution in [-0.4, -0.2) is 18.5 Å². The fraction of sp³-hybridized carbons (Fsp3) is 0.533. The summed E-state index contributed by atoms with van der Waals surface area (Å²) in [7, 11) is 0. The van der Waals surface area contributed by atoms with Gasteiger partial charge in [-0.2, -0.15) is 0 Å². The normalized spacial score (nSPS) is 24.1. The van der Waals surface area contributed by atoms with Gasteiger partial charge in [0.1, 0.15) is 0 Å². The highest BCUT2D eigenvalue weighted by Gasteiger charge is 2.37. The molecule has 1 fully saturated rings. The maximum absolute atomic E-state index is 12.2. The average molecular weight is 246 g/mol. The van der Waals surface area contributed by atoms with Gasteiger partial charge in [0.15, 0.2) is 0 Å². The highest BCUT2D eigenvalue weighted by molar-refractivity contribution is 5.97. The molecule has 1 aromatic carbocycles. The van der Waals surface area contributed by atoms with Gasteiger partial charge in [0.05, 0.1) is 0 Å². The predicted octanol–water partition coefficient (Wildman–Crippen LogP) is 2.51. The number of carbonyl (C=O) groups excluding carboxylic acids is 1. The van der Waals surface area contributed by atoms with Crippen LogP contribution < -0.4 is 10.6 Å². The van der Waals surface area contributed by atoms with Gasteiger partial charge in [-0.1, -0.05) is 32.0 Å². The van der Waals surface area contributed by atoms with E-state index in [1.165, 1.54) is 5.56 Å². The van der Waals surface area contributed by atoms with E-state index in [9.17, 15) is 4.79 Å². The van der Waals surface area contributed by atoms with Crippen LogP contribution in [0.15, 0.2) is 24.3 Å². The van der Waals surface area contributed by atoms with Crippen molar-refractivity contribution < 1.29 is 4.79 Å². The van der Waals surface area contributed by atoms with Crippen LogP contribution >= 0.6 is 0 Å². The van der Waals surface area contributed by atoms with Crippen LogP contribution in [0.5, 0.6) is 0 Å². The number of nitrogens with zero attached hydrogens (tertiary/aromatic N) is 1. The van der Waals surface area contributed by atoms with E-state index in [1.807, 2.05) is 23.1 Å². The maximum atomic E-state index is 12.2. The Morgan fingerprint density at radius 3 is 2.61 bits per heavy atom. The number of anilines is 1. The topological polar surface area (TPSA) is 46.3 Å². The molecule has 2 rings (SSSR count). The largest absolute Gasteiger partial charge is 0.330 e. The summed E-state index contributed by atoms with van der Waals surface area (Å²) >= 11 is 0. The highest BCUT2D eigenvalue weighted by atomic mass is 16.2. The molecule has 2 N–H and O–H groups in total. The first kappa shape index (κ1) is 13.1. The van der Waals surface area contributed by atoms with Crippen LogP contribution in [0.25, 0.3) is 0 Å². The molecule has 1 aliphatic rings. The molecule has 3 nitrogen and oxygen atoms in total. The summed E-state index contributed by atoms with van der Waals surface area (Å²) in [6.07, 6.45) is 0.574. The zero-order valence-corrected chi connectivity index (χ0v) is 11.4. The second-order valence-corrected chi connectivity index (χ2v) is 5.42. The molecule has 1 saturated heterocycles. The van der Waals surface area contributed by atoms with Crippen molar-refractivity contribution in [1.29, 1.82) is 0 Å². The summed E-state index contributed by atoms with van der Waals surface area (Å²) in [5.74, 6) is 0.891. The van der Waals surface area contributed by atoms with E-state index in [0.29, 0.717) is 18.9 Å². The third-order valence-electron chi connectivity index (χ3n) is 3.92. The predicted molar refractivity (Wildman–Crippen MR) is 74.6 cm³/mol. The van der Waals surface area contributed by atoms with Crippen LogP contribution in [0.3, 0.4) is 0 Å². The van der Waals surface area contributed by atoms with Crippen molar-refractivity contribution in [3.8, 4) is 0 Å². The third kappa shape index (κ3) is 2.15. The molecule has 1 amide bonds. The summed E-state index contributed by atoms with van der Waals surface area (Å²) in [5, 5.41) is 0. The minimum Gasteiger partial charge on any atom is -0.330 e. The van der Waals surface area contributed by atoms with Gasteiger partial charge in [-0.3, -0.25) is 4.79 Å². The highest BCUT2D eigenvalue weighted by Crippen LogP contribution is 2.35. The summed E-state index contributed by atoms with van der Waals surface area (Å²) in [6.45, 7) is 6.99. The van der Waals surface area contributed by atoms with E-state index < -0.39 is 0 Å². The van der Waals surface area contributed by atoms with E-state index >= 15 is 0 Å². The molecular weight excluding hydrogens is 224 g/mol. The van der Waals surface area contributed by atoms with Crippen LogP contribution in [0.2, 0.25) is 0 Å². The molecule has 2 unspecified atom stereocenters. The maximum Gasteiger partial charge on any atom is 0.227 e. The molecule has 3 heteroatoms. The molecule has 0 aliphatic carbocycles. The molecule has 98 valence electrons. The smallest absolute Gasteiger partial charge is 0.227 e. The van der Waals surface area contributed by atoms with Crippen molar-refractivity contribution in [1.82, 2.24) is 0 Å². The lowest BCUT2D eigenvalue weighted by molar-refractivity contribution is -0.117. The lowest BCUT2D eigenvalue weighted by Crippen LogP contribution is -2.35. The van der Waals surface area contributed by atoms with Gasteiger partial charge in [0.25, 0.3) is 0 Å². The van der Waals surface area contributed by atoms with Gasteiger partial charge in [-0.25, -0.2) is 0 Å². The second kappa shape index (κ2) is 5.11. The van der Waals surface area contributed by atoms with E-state index in [4.69, 9.17) is 5.73 Å². The number of para-hydroxylation sites is 1. The first-order chi connectivity index (χ1) is 8.56. The van der Waals surface area contributed by atoms with E-state index in [-0.39, 0.29) is 17.9 Å². The molecule has 0 aromatic heterocycles. The third-order valence-corrected chi connectivity index (χ3v) is 3.92. The van der Waals surface area contributed by atoms with Crippen molar-refractivity contribution >= 4 is 11.6 Å². The van der Waals surface area contributed by atoms with Crippen LogP contribution in [0.4, 0.5) is 5.69 Å². The molecule has 0 radical (unpaired) electrons. The van der Waals surface area contributed by atoms with Crippen molar-refractivity contribution in [2.45, 2.75) is 39.2 Å². The molecule has 0 saturated carbocycles. The number of nitrogens with two attached hydrogens (primary N) is 1. The lowest BCUT2D eigenvalue weighted by atomic mass is 9.99. The Kier molecular flexibility index (Phi) is 3.71. The summed E-state index contributed by atoms with van der Waals surface area (Å²) < 4.78 is 0. The molecular formula is C15H22N2O. The zero-order chi connectivity index (χ0) is 13.3. The molecule has 18 heavy (non-hydrogen) atoms. The number of hydrogen-bond donors (Lipinski definition) is 1. The van der Waals surface area contributed by atoms with Gasteiger partial charge in [-0.05, 0) is 31.0 Å². The summed E-state index contributed by atoms with van der Waals surface area (Å²) in [6, 6.07) is 8.38. The van der Waals surface area contributed by atoms with Gasteiger partial charge in [0, 0.05) is 24.1 Å². The van der Waals surface area contributed by atoms with Crippen molar-refractivity contribution in [3.05, 3.63) is 29.8 Å². The summed E-state index contributed by atoms with van der Waals surface area (Å²) in [5.41, 5.74) is 8.03. The molecule has 1 aliphatic heterocycles. The molecule has 2 atom stereocenters. The van der Waals surface area contributed by atoms with E-state index in [2.05, 4.69) is 26.8 Å². The Balaban J connectivity index is 2.40. The zero-order valence-electron chi connectivity index (χ0n) is 11.4. The minimum atomic E-state index is 0.197. The van der Waals surface area contributed by atoms with Gasteiger partial charge in [-0.15, -0.1) is 0 Å². The Bertz CT molecular complexity index is 442.